The Morgan fingerprint density at radius 1 is 1.25 bits per heavy atom. The van der Waals surface area contributed by atoms with Crippen LogP contribution in [0.15, 0.2) is 35.4 Å². The smallest absolute Gasteiger partial charge is 0.258 e. The van der Waals surface area contributed by atoms with Crippen LogP contribution < -0.4 is 0 Å². The largest absolute Gasteiger partial charge is 0.276 e. The van der Waals surface area contributed by atoms with Crippen LogP contribution in [0.2, 0.25) is 0 Å². The number of aromatic nitrogens is 3. The van der Waals surface area contributed by atoms with Gasteiger partial charge in [0.25, 0.3) is 5.69 Å². The summed E-state index contributed by atoms with van der Waals surface area (Å²) in [5.74, 6) is 1.36. The molecule has 0 saturated heterocycles. The molecule has 20 heavy (non-hydrogen) atoms. The van der Waals surface area contributed by atoms with Gasteiger partial charge in [-0.15, -0.1) is 10.2 Å². The van der Waals surface area contributed by atoms with Crippen LogP contribution in [-0.2, 0) is 0 Å². The lowest BCUT2D eigenvalue weighted by Crippen LogP contribution is -1.94. The second kappa shape index (κ2) is 5.87. The summed E-state index contributed by atoms with van der Waals surface area (Å²) in [6, 6.07) is 6.52. The van der Waals surface area contributed by atoms with E-state index in [4.69, 9.17) is 0 Å². The molecule has 0 aliphatic rings. The van der Waals surface area contributed by atoms with Crippen LogP contribution in [0.5, 0.6) is 0 Å². The van der Waals surface area contributed by atoms with Crippen molar-refractivity contribution in [1.82, 2.24) is 14.9 Å². The lowest BCUT2D eigenvalue weighted by atomic mass is 10.2. The Kier molecular flexibility index (Phi) is 3.99. The number of benzene rings is 1. The molecule has 7 nitrogen and oxygen atoms in total. The van der Waals surface area contributed by atoms with E-state index in [-0.39, 0.29) is 5.69 Å². The Morgan fingerprint density at radius 3 is 2.55 bits per heavy atom. The highest BCUT2D eigenvalue weighted by Gasteiger charge is 2.08. The van der Waals surface area contributed by atoms with Crippen molar-refractivity contribution in [3.63, 3.8) is 0 Å². The van der Waals surface area contributed by atoms with Gasteiger partial charge >= 0.3 is 0 Å². The van der Waals surface area contributed by atoms with Crippen LogP contribution >= 0.6 is 0 Å². The Hall–Kier alpha value is -2.83. The van der Waals surface area contributed by atoms with Gasteiger partial charge in [0.1, 0.15) is 0 Å². The molecule has 2 aromatic rings. The van der Waals surface area contributed by atoms with Crippen LogP contribution in [-0.4, -0.2) is 26.0 Å². The number of nitro benzene ring substituents is 1. The van der Waals surface area contributed by atoms with Crippen LogP contribution in [0.1, 0.15) is 17.2 Å². The van der Waals surface area contributed by atoms with Gasteiger partial charge in [-0.25, -0.2) is 4.68 Å². The molecule has 1 heterocycles. The number of nitro groups is 1. The van der Waals surface area contributed by atoms with E-state index in [9.17, 15) is 10.1 Å². The normalized spacial score (nSPS) is 11.5. The Labute approximate surface area is 115 Å². The van der Waals surface area contributed by atoms with E-state index in [0.717, 1.165) is 0 Å². The van der Waals surface area contributed by atoms with Gasteiger partial charge in [0.15, 0.2) is 11.6 Å². The number of nitrogens with zero attached hydrogens (tertiary/aromatic N) is 5. The third-order valence-electron chi connectivity index (χ3n) is 2.63. The number of hydrogen-bond donors (Lipinski definition) is 0. The number of hydrogen-bond acceptors (Lipinski definition) is 5. The number of aryl methyl sites for hydroxylation is 2. The van der Waals surface area contributed by atoms with E-state index in [2.05, 4.69) is 15.3 Å². The second-order valence-electron chi connectivity index (χ2n) is 4.05. The van der Waals surface area contributed by atoms with Crippen molar-refractivity contribution < 1.29 is 4.92 Å². The maximum atomic E-state index is 10.8. The van der Waals surface area contributed by atoms with Crippen LogP contribution in [0.25, 0.3) is 6.08 Å². The standard InChI is InChI=1S/C13H13N5O2/c1-10-15-16-11(2)17(10)14-9-5-7-12-6-3-4-8-13(12)18(19)20/h3-9H,1-2H3/b7-5-,14-9-. The van der Waals surface area contributed by atoms with Gasteiger partial charge in [0.2, 0.25) is 0 Å². The summed E-state index contributed by atoms with van der Waals surface area (Å²) in [4.78, 5) is 10.4. The molecule has 7 heteroatoms. The van der Waals surface area contributed by atoms with Crippen LogP contribution in [0, 0.1) is 24.0 Å². The van der Waals surface area contributed by atoms with Gasteiger partial charge in [-0.3, -0.25) is 10.1 Å². The first-order valence-corrected chi connectivity index (χ1v) is 5.92. The topological polar surface area (TPSA) is 86.2 Å². The maximum Gasteiger partial charge on any atom is 0.276 e. The molecule has 0 atom stereocenters. The lowest BCUT2D eigenvalue weighted by Gasteiger charge is -1.96. The first-order chi connectivity index (χ1) is 9.59. The van der Waals surface area contributed by atoms with Gasteiger partial charge < -0.3 is 0 Å². The molecular formula is C13H13N5O2. The quantitative estimate of drug-likeness (QED) is 0.485. The predicted octanol–water partition coefficient (Wildman–Crippen LogP) is 2.35. The molecule has 0 fully saturated rings. The van der Waals surface area contributed by atoms with Crippen molar-refractivity contribution in [3.05, 3.63) is 57.7 Å². The van der Waals surface area contributed by atoms with Gasteiger partial charge in [0, 0.05) is 12.3 Å². The summed E-state index contributed by atoms with van der Waals surface area (Å²) in [5.41, 5.74) is 0.593. The van der Waals surface area contributed by atoms with Crippen molar-refractivity contribution in [3.8, 4) is 0 Å². The van der Waals surface area contributed by atoms with Crippen molar-refractivity contribution in [2.45, 2.75) is 13.8 Å². The molecule has 2 rings (SSSR count). The zero-order valence-corrected chi connectivity index (χ0v) is 11.1. The van der Waals surface area contributed by atoms with E-state index in [0.29, 0.717) is 17.2 Å². The average molecular weight is 271 g/mol. The lowest BCUT2D eigenvalue weighted by molar-refractivity contribution is -0.385. The van der Waals surface area contributed by atoms with Crippen LogP contribution in [0.3, 0.4) is 0 Å². The molecule has 0 radical (unpaired) electrons. The van der Waals surface area contributed by atoms with E-state index in [1.54, 1.807) is 55.1 Å². The molecule has 0 spiro atoms. The van der Waals surface area contributed by atoms with Gasteiger partial charge in [0.05, 0.1) is 10.5 Å². The summed E-state index contributed by atoms with van der Waals surface area (Å²) in [5, 5.41) is 22.8. The zero-order valence-electron chi connectivity index (χ0n) is 11.1. The highest BCUT2D eigenvalue weighted by atomic mass is 16.6. The summed E-state index contributed by atoms with van der Waals surface area (Å²) >= 11 is 0. The fraction of sp³-hybridized carbons (Fsp3) is 0.154. The Morgan fingerprint density at radius 2 is 1.90 bits per heavy atom. The van der Waals surface area contributed by atoms with Gasteiger partial charge in [-0.1, -0.05) is 12.1 Å². The maximum absolute atomic E-state index is 10.8. The zero-order chi connectivity index (χ0) is 14.5. The van der Waals surface area contributed by atoms with E-state index in [1.807, 2.05) is 0 Å². The molecule has 0 saturated carbocycles. The van der Waals surface area contributed by atoms with Crippen molar-refractivity contribution in [1.29, 1.82) is 0 Å². The van der Waals surface area contributed by atoms with Crippen molar-refractivity contribution in [2.75, 3.05) is 0 Å². The van der Waals surface area contributed by atoms with Gasteiger partial charge in [-0.05, 0) is 32.1 Å². The molecular weight excluding hydrogens is 258 g/mol. The fourth-order valence-electron chi connectivity index (χ4n) is 1.68. The number of para-hydroxylation sites is 1. The molecule has 1 aromatic carbocycles. The minimum atomic E-state index is -0.412. The SMILES string of the molecule is Cc1nnc(C)n1/N=C\C=C/c1ccccc1[N+](=O)[O-]. The van der Waals surface area contributed by atoms with Crippen LogP contribution in [0.4, 0.5) is 5.69 Å². The molecule has 0 aliphatic heterocycles. The highest BCUT2D eigenvalue weighted by molar-refractivity contribution is 5.79. The minimum absolute atomic E-state index is 0.0637. The monoisotopic (exact) mass is 271 g/mol. The van der Waals surface area contributed by atoms with Crippen molar-refractivity contribution >= 4 is 18.0 Å². The number of allylic oxidation sites excluding steroid dienone is 1. The third-order valence-corrected chi connectivity index (χ3v) is 2.63. The average Bonchev–Trinajstić information content (AvgIpc) is 2.75. The molecule has 0 aliphatic carbocycles. The summed E-state index contributed by atoms with van der Waals surface area (Å²) in [6.07, 6.45) is 4.82. The Balaban J connectivity index is 2.17. The highest BCUT2D eigenvalue weighted by Crippen LogP contribution is 2.18. The molecule has 0 bridgehead atoms. The van der Waals surface area contributed by atoms with E-state index >= 15 is 0 Å². The molecule has 0 amide bonds. The second-order valence-corrected chi connectivity index (χ2v) is 4.05. The summed E-state index contributed by atoms with van der Waals surface area (Å²) < 4.78 is 1.59. The Bertz CT molecular complexity index is 668. The predicted molar refractivity (Wildman–Crippen MR) is 75.5 cm³/mol. The minimum Gasteiger partial charge on any atom is -0.258 e. The van der Waals surface area contributed by atoms with E-state index in [1.165, 1.54) is 6.07 Å². The molecule has 0 unspecified atom stereocenters. The first kappa shape index (κ1) is 13.6. The molecule has 0 N–H and O–H groups in total. The van der Waals surface area contributed by atoms with Gasteiger partial charge in [-0.2, -0.15) is 5.10 Å². The van der Waals surface area contributed by atoms with Crippen molar-refractivity contribution in [2.24, 2.45) is 5.10 Å². The summed E-state index contributed by atoms with van der Waals surface area (Å²) in [6.45, 7) is 3.59. The first-order valence-electron chi connectivity index (χ1n) is 5.92. The third kappa shape index (κ3) is 2.94. The summed E-state index contributed by atoms with van der Waals surface area (Å²) in [7, 11) is 0. The molecule has 1 aromatic heterocycles. The number of rotatable bonds is 4. The van der Waals surface area contributed by atoms with E-state index < -0.39 is 4.92 Å². The molecule has 102 valence electrons. The fourth-order valence-corrected chi connectivity index (χ4v) is 1.68.